The van der Waals surface area contributed by atoms with E-state index in [2.05, 4.69) is 20.4 Å². The molecule has 0 spiro atoms. The maximum absolute atomic E-state index is 11.9. The lowest BCUT2D eigenvalue weighted by Crippen LogP contribution is -2.39. The van der Waals surface area contributed by atoms with Crippen LogP contribution in [-0.4, -0.2) is 38.1 Å². The van der Waals surface area contributed by atoms with Crippen LogP contribution in [-0.2, 0) is 11.2 Å². The predicted octanol–water partition coefficient (Wildman–Crippen LogP) is 0.559. The van der Waals surface area contributed by atoms with Crippen LogP contribution in [0.1, 0.15) is 30.1 Å². The van der Waals surface area contributed by atoms with Gasteiger partial charge in [-0.3, -0.25) is 4.79 Å². The summed E-state index contributed by atoms with van der Waals surface area (Å²) in [6.07, 6.45) is 2.50. The zero-order chi connectivity index (χ0) is 15.0. The second kappa shape index (κ2) is 6.58. The van der Waals surface area contributed by atoms with Gasteiger partial charge in [0.2, 0.25) is 5.91 Å². The average molecular weight is 325 g/mol. The molecule has 8 heteroatoms. The highest BCUT2D eigenvalue weighted by Crippen LogP contribution is 2.31. The molecule has 3 rings (SSSR count). The van der Waals surface area contributed by atoms with E-state index in [1.54, 1.807) is 4.52 Å². The highest BCUT2D eigenvalue weighted by Gasteiger charge is 2.28. The van der Waals surface area contributed by atoms with Gasteiger partial charge in [-0.05, 0) is 38.7 Å². The highest BCUT2D eigenvalue weighted by atomic mass is 35.5. The Morgan fingerprint density at radius 1 is 1.45 bits per heavy atom. The number of aryl methyl sites for hydroxylation is 2. The molecule has 2 heterocycles. The van der Waals surface area contributed by atoms with Crippen molar-refractivity contribution in [1.82, 2.24) is 24.9 Å². The number of hydrogen-bond donors (Lipinski definition) is 2. The summed E-state index contributed by atoms with van der Waals surface area (Å²) in [6.45, 7) is 4.37. The molecule has 0 aromatic carbocycles. The molecule has 1 fully saturated rings. The molecule has 2 aromatic heterocycles. The Morgan fingerprint density at radius 3 is 2.86 bits per heavy atom. The van der Waals surface area contributed by atoms with Crippen LogP contribution in [0, 0.1) is 19.8 Å². The number of nitrogens with one attached hydrogen (secondary N) is 1. The summed E-state index contributed by atoms with van der Waals surface area (Å²) in [7, 11) is 0. The Labute approximate surface area is 135 Å². The van der Waals surface area contributed by atoms with Crippen molar-refractivity contribution in [3.8, 4) is 0 Å². The number of hydrogen-bond acceptors (Lipinski definition) is 5. The number of rotatable bonds is 5. The van der Waals surface area contributed by atoms with Crippen molar-refractivity contribution in [1.29, 1.82) is 0 Å². The van der Waals surface area contributed by atoms with Gasteiger partial charge in [0.05, 0.1) is 6.42 Å². The largest absolute Gasteiger partial charge is 0.354 e. The number of nitrogens with zero attached hydrogens (tertiary/aromatic N) is 4. The topological polar surface area (TPSA) is 98.2 Å². The van der Waals surface area contributed by atoms with E-state index < -0.39 is 0 Å². The number of nitrogens with two attached hydrogens (primary N) is 1. The average Bonchev–Trinajstić information content (AvgIpc) is 3.18. The van der Waals surface area contributed by atoms with Crippen LogP contribution in [0.3, 0.4) is 0 Å². The van der Waals surface area contributed by atoms with E-state index >= 15 is 0 Å². The van der Waals surface area contributed by atoms with Crippen molar-refractivity contribution in [2.24, 2.45) is 11.7 Å². The minimum Gasteiger partial charge on any atom is -0.354 e. The molecule has 1 aliphatic carbocycles. The van der Waals surface area contributed by atoms with Crippen molar-refractivity contribution in [2.75, 3.05) is 6.54 Å². The van der Waals surface area contributed by atoms with Gasteiger partial charge in [0.15, 0.2) is 5.82 Å². The van der Waals surface area contributed by atoms with Crippen LogP contribution in [0.4, 0.5) is 0 Å². The van der Waals surface area contributed by atoms with E-state index in [1.165, 1.54) is 12.8 Å². The van der Waals surface area contributed by atoms with Gasteiger partial charge in [0, 0.05) is 24.0 Å². The minimum atomic E-state index is -0.101. The molecular weight excluding hydrogens is 304 g/mol. The Balaban J connectivity index is 0.00000176. The summed E-state index contributed by atoms with van der Waals surface area (Å²) >= 11 is 0. The molecule has 3 N–H and O–H groups in total. The molecule has 0 bridgehead atoms. The first-order valence-electron chi connectivity index (χ1n) is 7.25. The van der Waals surface area contributed by atoms with Crippen LogP contribution in [0.5, 0.6) is 0 Å². The third-order valence-corrected chi connectivity index (χ3v) is 3.74. The molecule has 1 saturated carbocycles. The van der Waals surface area contributed by atoms with Crippen molar-refractivity contribution >= 4 is 24.1 Å². The summed E-state index contributed by atoms with van der Waals surface area (Å²) in [5, 5.41) is 7.17. The first kappa shape index (κ1) is 16.6. The van der Waals surface area contributed by atoms with E-state index in [0.29, 0.717) is 24.1 Å². The Bertz CT molecular complexity index is 681. The third kappa shape index (κ3) is 3.72. The maximum atomic E-state index is 11.9. The fourth-order valence-corrected chi connectivity index (χ4v) is 2.41. The van der Waals surface area contributed by atoms with Gasteiger partial charge in [0.25, 0.3) is 5.78 Å². The number of carbonyl (C=O) groups is 1. The second-order valence-corrected chi connectivity index (χ2v) is 5.76. The van der Waals surface area contributed by atoms with Crippen molar-refractivity contribution in [3.05, 3.63) is 23.3 Å². The van der Waals surface area contributed by atoms with Gasteiger partial charge in [-0.2, -0.15) is 4.98 Å². The fourth-order valence-electron chi connectivity index (χ4n) is 2.41. The van der Waals surface area contributed by atoms with Crippen LogP contribution in [0.15, 0.2) is 6.07 Å². The van der Waals surface area contributed by atoms with E-state index in [4.69, 9.17) is 5.73 Å². The van der Waals surface area contributed by atoms with Crippen molar-refractivity contribution in [3.63, 3.8) is 0 Å². The smallest absolute Gasteiger partial charge is 0.252 e. The Kier molecular flexibility index (Phi) is 4.97. The van der Waals surface area contributed by atoms with Gasteiger partial charge >= 0.3 is 0 Å². The molecule has 0 aliphatic heterocycles. The molecule has 1 aliphatic rings. The quantitative estimate of drug-likeness (QED) is 0.837. The second-order valence-electron chi connectivity index (χ2n) is 5.76. The zero-order valence-corrected chi connectivity index (χ0v) is 13.6. The molecule has 22 heavy (non-hydrogen) atoms. The number of amides is 1. The van der Waals surface area contributed by atoms with Crippen LogP contribution in [0.2, 0.25) is 0 Å². The predicted molar refractivity (Wildman–Crippen MR) is 84.9 cm³/mol. The summed E-state index contributed by atoms with van der Waals surface area (Å²) in [5.74, 6) is 1.49. The monoisotopic (exact) mass is 324 g/mol. The SMILES string of the molecule is Cc1cc(C)n2nc(CC(=O)NCC(N)C3CC3)nc2n1.Cl. The highest BCUT2D eigenvalue weighted by molar-refractivity contribution is 5.85. The lowest BCUT2D eigenvalue weighted by atomic mass is 10.2. The molecule has 0 radical (unpaired) electrons. The summed E-state index contributed by atoms with van der Waals surface area (Å²) in [4.78, 5) is 20.5. The summed E-state index contributed by atoms with van der Waals surface area (Å²) < 4.78 is 1.66. The van der Waals surface area contributed by atoms with Gasteiger partial charge in [-0.25, -0.2) is 9.50 Å². The van der Waals surface area contributed by atoms with Gasteiger partial charge < -0.3 is 11.1 Å². The molecule has 120 valence electrons. The third-order valence-electron chi connectivity index (χ3n) is 3.74. The number of fused-ring (bicyclic) bond motifs is 1. The van der Waals surface area contributed by atoms with E-state index in [9.17, 15) is 4.79 Å². The van der Waals surface area contributed by atoms with Crippen molar-refractivity contribution < 1.29 is 4.79 Å². The Hall–Kier alpha value is -1.73. The number of halogens is 1. The lowest BCUT2D eigenvalue weighted by molar-refractivity contribution is -0.120. The van der Waals surface area contributed by atoms with Crippen molar-refractivity contribution in [2.45, 2.75) is 39.2 Å². The molecule has 1 unspecified atom stereocenters. The maximum Gasteiger partial charge on any atom is 0.252 e. The van der Waals surface area contributed by atoms with E-state index in [-0.39, 0.29) is 30.8 Å². The molecule has 0 saturated heterocycles. The summed E-state index contributed by atoms with van der Waals surface area (Å²) in [6, 6.07) is 2.00. The van der Waals surface area contributed by atoms with Gasteiger partial charge in [-0.15, -0.1) is 17.5 Å². The zero-order valence-electron chi connectivity index (χ0n) is 12.7. The first-order valence-corrected chi connectivity index (χ1v) is 7.25. The van der Waals surface area contributed by atoms with E-state index in [0.717, 1.165) is 11.4 Å². The number of aromatic nitrogens is 4. The number of carbonyl (C=O) groups excluding carboxylic acids is 1. The Morgan fingerprint density at radius 2 is 2.18 bits per heavy atom. The first-order chi connectivity index (χ1) is 10.0. The minimum absolute atomic E-state index is 0. The summed E-state index contributed by atoms with van der Waals surface area (Å²) in [5.41, 5.74) is 7.80. The standard InChI is InChI=1S/C14H20N6O.ClH/c1-8-5-9(2)20-14(17-8)18-12(19-20)6-13(21)16-7-11(15)10-3-4-10;/h5,10-11H,3-4,6-7,15H2,1-2H3,(H,16,21);1H. The molecule has 2 aromatic rings. The van der Waals surface area contributed by atoms with Gasteiger partial charge in [0.1, 0.15) is 0 Å². The van der Waals surface area contributed by atoms with Crippen LogP contribution < -0.4 is 11.1 Å². The molecule has 7 nitrogen and oxygen atoms in total. The molecular formula is C14H21ClN6O. The molecule has 1 amide bonds. The normalized spacial score (nSPS) is 15.4. The molecule has 1 atom stereocenters. The van der Waals surface area contributed by atoms with Crippen LogP contribution >= 0.6 is 12.4 Å². The fraction of sp³-hybridized carbons (Fsp3) is 0.571. The van der Waals surface area contributed by atoms with Gasteiger partial charge in [-0.1, -0.05) is 0 Å². The van der Waals surface area contributed by atoms with E-state index in [1.807, 2.05) is 19.9 Å². The lowest BCUT2D eigenvalue weighted by Gasteiger charge is -2.10. The van der Waals surface area contributed by atoms with Crippen LogP contribution in [0.25, 0.3) is 5.78 Å².